The zero-order chi connectivity index (χ0) is 15.3. The molecule has 0 aliphatic carbocycles. The molecule has 0 aliphatic rings. The third-order valence-corrected chi connectivity index (χ3v) is 6.64. The molecule has 1 aromatic rings. The maximum absolute atomic E-state index is 2.89. The van der Waals surface area contributed by atoms with Crippen LogP contribution < -0.4 is 0 Å². The minimum atomic E-state index is 0. The molecule has 0 N–H and O–H groups in total. The van der Waals surface area contributed by atoms with E-state index in [2.05, 4.69) is 68.4 Å². The Morgan fingerprint density at radius 3 is 1.00 bits per heavy atom. The van der Waals surface area contributed by atoms with Gasteiger partial charge in [-0.25, -0.2) is 0 Å². The first kappa shape index (κ1) is 26.7. The molecule has 1 aromatic carbocycles. The van der Waals surface area contributed by atoms with Gasteiger partial charge >= 0.3 is 0 Å². The van der Waals surface area contributed by atoms with Crippen LogP contribution in [-0.4, -0.2) is 15.5 Å². The summed E-state index contributed by atoms with van der Waals surface area (Å²) in [5, 5.41) is 1.35. The molecule has 0 heterocycles. The van der Waals surface area contributed by atoms with Crippen molar-refractivity contribution in [2.45, 2.75) is 77.8 Å². The molecule has 0 aromatic heterocycles. The van der Waals surface area contributed by atoms with Gasteiger partial charge in [0.2, 0.25) is 0 Å². The Labute approximate surface area is 160 Å². The van der Waals surface area contributed by atoms with Gasteiger partial charge in [0.05, 0.1) is 0 Å². The van der Waals surface area contributed by atoms with E-state index in [1.807, 2.05) is 30.3 Å². The summed E-state index contributed by atoms with van der Waals surface area (Å²) in [7, 11) is 0.0162. The van der Waals surface area contributed by atoms with Crippen molar-refractivity contribution in [3.63, 3.8) is 0 Å². The van der Waals surface area contributed by atoms with E-state index in [-0.39, 0.29) is 46.8 Å². The fourth-order valence-corrected chi connectivity index (χ4v) is 9.40. The molecule has 1 rings (SSSR count). The molecule has 0 spiro atoms. The second-order valence-electron chi connectivity index (χ2n) is 7.93. The summed E-state index contributed by atoms with van der Waals surface area (Å²) in [6.45, 7) is 21.5. The van der Waals surface area contributed by atoms with Gasteiger partial charge < -0.3 is 0 Å². The predicted octanol–water partition coefficient (Wildman–Crippen LogP) is 7.17. The zero-order valence-electron chi connectivity index (χ0n) is 15.1. The van der Waals surface area contributed by atoms with E-state index < -0.39 is 0 Å². The third-order valence-electron chi connectivity index (χ3n) is 2.62. The fourth-order valence-electron chi connectivity index (χ4n) is 3.36. The molecule has 0 aliphatic heterocycles. The number of halogens is 1. The first-order valence-electron chi connectivity index (χ1n) is 7.08. The molecule has 129 valence electrons. The van der Waals surface area contributed by atoms with Crippen molar-refractivity contribution in [2.75, 3.05) is 0 Å². The smallest absolute Gasteiger partial charge is 0 e. The van der Waals surface area contributed by atoms with Crippen molar-refractivity contribution in [1.82, 2.24) is 0 Å². The van der Waals surface area contributed by atoms with Crippen LogP contribution in [0.3, 0.4) is 0 Å². The average Bonchev–Trinajstić information content (AvgIpc) is 2.13. The van der Waals surface area contributed by atoms with Crippen molar-refractivity contribution in [3.8, 4) is 0 Å². The quantitative estimate of drug-likeness (QED) is 0.280. The van der Waals surface area contributed by atoms with Gasteiger partial charge in [0, 0.05) is 21.8 Å². The van der Waals surface area contributed by atoms with E-state index in [0.717, 1.165) is 0 Å². The monoisotopic (exact) mass is 467 g/mol. The normalized spacial score (nSPS) is 11.7. The molecule has 0 amide bonds. The van der Waals surface area contributed by atoms with Crippen molar-refractivity contribution in [2.24, 2.45) is 0 Å². The van der Waals surface area contributed by atoms with E-state index in [0.29, 0.717) is 15.5 Å². The van der Waals surface area contributed by atoms with Crippen LogP contribution in [-0.2, 0) is 20.4 Å². The summed E-state index contributed by atoms with van der Waals surface area (Å²) in [6.07, 6.45) is 0. The van der Waals surface area contributed by atoms with Crippen LogP contribution in [0.1, 0.15) is 63.7 Å². The third kappa shape index (κ3) is 11.9. The second kappa shape index (κ2) is 10.5. The SMILES string of the molecule is Br.CC(C)(C)P(C(C)(C)C)C(C)(C)C.[HH].[Pd].[c]1ccccc1. The van der Waals surface area contributed by atoms with Gasteiger partial charge in [0.1, 0.15) is 0 Å². The molecular weight excluding hydrogens is 433 g/mol. The van der Waals surface area contributed by atoms with E-state index >= 15 is 0 Å². The first-order valence-corrected chi connectivity index (χ1v) is 8.42. The van der Waals surface area contributed by atoms with Crippen molar-refractivity contribution >= 4 is 24.9 Å². The Balaban J connectivity index is -0.000000154. The molecule has 3 heteroatoms. The van der Waals surface area contributed by atoms with Gasteiger partial charge in [-0.15, -0.1) is 17.0 Å². The van der Waals surface area contributed by atoms with E-state index in [9.17, 15) is 0 Å². The van der Waals surface area contributed by atoms with Gasteiger partial charge in [-0.05, 0) is 21.5 Å². The summed E-state index contributed by atoms with van der Waals surface area (Å²) in [4.78, 5) is 0. The predicted molar refractivity (Wildman–Crippen MR) is 104 cm³/mol. The molecule has 0 saturated carbocycles. The van der Waals surface area contributed by atoms with Gasteiger partial charge in [-0.2, -0.15) is 0 Å². The Morgan fingerprint density at radius 1 is 0.667 bits per heavy atom. The topological polar surface area (TPSA) is 0 Å². The van der Waals surface area contributed by atoms with Crippen molar-refractivity contribution in [1.29, 1.82) is 0 Å². The molecular formula is C18H35BrPPd. The Morgan fingerprint density at radius 2 is 0.952 bits per heavy atom. The van der Waals surface area contributed by atoms with Crippen LogP contribution in [0.15, 0.2) is 30.3 Å². The summed E-state index contributed by atoms with van der Waals surface area (Å²) in [5.41, 5.74) is 0. The van der Waals surface area contributed by atoms with Crippen LogP contribution in [0.5, 0.6) is 0 Å². The van der Waals surface area contributed by atoms with Gasteiger partial charge in [0.15, 0.2) is 0 Å². The first-order chi connectivity index (χ1) is 8.37. The van der Waals surface area contributed by atoms with E-state index in [4.69, 9.17) is 0 Å². The minimum Gasteiger partial charge on any atom is -0.114 e. The second-order valence-corrected chi connectivity index (χ2v) is 12.6. The molecule has 0 saturated heterocycles. The maximum Gasteiger partial charge on any atom is 0 e. The summed E-state index contributed by atoms with van der Waals surface area (Å²) < 4.78 is 0. The van der Waals surface area contributed by atoms with E-state index in [1.165, 1.54) is 0 Å². The standard InChI is InChI=1S/C12H27P.C6H5.BrH.Pd.H2/c1-10(2,3)13(11(4,5)6)12(7,8)9;1-2-4-6-5-3-1;;;/h1-9H3;1-5H;1H;;1H. The molecule has 0 atom stereocenters. The summed E-state index contributed by atoms with van der Waals surface area (Å²) >= 11 is 0. The molecule has 0 bridgehead atoms. The molecule has 0 fully saturated rings. The zero-order valence-corrected chi connectivity index (χ0v) is 19.2. The number of rotatable bonds is 0. The van der Waals surface area contributed by atoms with Crippen LogP contribution in [0.4, 0.5) is 0 Å². The fraction of sp³-hybridized carbons (Fsp3) is 0.667. The number of benzene rings is 1. The van der Waals surface area contributed by atoms with Gasteiger partial charge in [-0.1, -0.05) is 101 Å². The average molecular weight is 469 g/mol. The van der Waals surface area contributed by atoms with Crippen LogP contribution in [0.2, 0.25) is 0 Å². The minimum absolute atomic E-state index is 0. The Bertz CT molecular complexity index is 290. The molecule has 0 nitrogen and oxygen atoms in total. The largest absolute Gasteiger partial charge is 0.114 e. The summed E-state index contributed by atoms with van der Waals surface area (Å²) in [6, 6.07) is 12.5. The summed E-state index contributed by atoms with van der Waals surface area (Å²) in [5.74, 6) is 0. The maximum atomic E-state index is 2.89. The van der Waals surface area contributed by atoms with Crippen molar-refractivity contribution in [3.05, 3.63) is 36.4 Å². The molecule has 21 heavy (non-hydrogen) atoms. The van der Waals surface area contributed by atoms with Crippen LogP contribution in [0.25, 0.3) is 0 Å². The number of hydrogen-bond donors (Lipinski definition) is 0. The van der Waals surface area contributed by atoms with Crippen LogP contribution >= 0.6 is 24.9 Å². The number of hydrogen-bond acceptors (Lipinski definition) is 0. The molecule has 0 unspecified atom stereocenters. The molecule has 1 radical (unpaired) electrons. The van der Waals surface area contributed by atoms with E-state index in [1.54, 1.807) is 0 Å². The van der Waals surface area contributed by atoms with Gasteiger partial charge in [-0.3, -0.25) is 0 Å². The van der Waals surface area contributed by atoms with Crippen molar-refractivity contribution < 1.29 is 21.8 Å². The Hall–Kier alpha value is 0.792. The van der Waals surface area contributed by atoms with Gasteiger partial charge in [0.25, 0.3) is 0 Å². The Kier molecular flexibility index (Phi) is 13.4. The van der Waals surface area contributed by atoms with Crippen LogP contribution in [0, 0.1) is 6.07 Å².